The number of anilines is 1. The summed E-state index contributed by atoms with van der Waals surface area (Å²) in [5, 5.41) is 3.33. The molecule has 0 spiro atoms. The zero-order chi connectivity index (χ0) is 21.8. The van der Waals surface area contributed by atoms with Gasteiger partial charge in [0.25, 0.3) is 0 Å². The average Bonchev–Trinajstić information content (AvgIpc) is 3.24. The Bertz CT molecular complexity index is 1270. The summed E-state index contributed by atoms with van der Waals surface area (Å²) < 4.78 is 37.6. The molecular weight excluding hydrogens is 436 g/mol. The highest BCUT2D eigenvalue weighted by atomic mass is 35.5. The minimum Gasteiger partial charge on any atom is -0.497 e. The maximum absolute atomic E-state index is 13.3. The Morgan fingerprint density at radius 3 is 2.29 bits per heavy atom. The number of oxazole rings is 1. The Morgan fingerprint density at radius 2 is 1.65 bits per heavy atom. The smallest absolute Gasteiger partial charge is 0.234 e. The van der Waals surface area contributed by atoms with Crippen LogP contribution < -0.4 is 10.1 Å². The number of hydrogen-bond acceptors (Lipinski definition) is 6. The van der Waals surface area contributed by atoms with Gasteiger partial charge in [0.1, 0.15) is 5.75 Å². The van der Waals surface area contributed by atoms with E-state index in [1.54, 1.807) is 31.4 Å². The van der Waals surface area contributed by atoms with Crippen molar-refractivity contribution in [3.05, 3.63) is 89.4 Å². The molecule has 4 aromatic rings. The third-order valence-electron chi connectivity index (χ3n) is 4.61. The monoisotopic (exact) mass is 454 g/mol. The van der Waals surface area contributed by atoms with Gasteiger partial charge in [0.05, 0.1) is 12.0 Å². The van der Waals surface area contributed by atoms with Crippen LogP contribution in [0.15, 0.2) is 93.2 Å². The first-order chi connectivity index (χ1) is 15.0. The molecule has 0 atom stereocenters. The molecule has 158 valence electrons. The molecule has 6 nitrogen and oxygen atoms in total. The number of halogens is 1. The van der Waals surface area contributed by atoms with E-state index in [1.165, 1.54) is 24.3 Å². The van der Waals surface area contributed by atoms with E-state index in [0.717, 1.165) is 5.56 Å². The quantitative estimate of drug-likeness (QED) is 0.400. The Balaban J connectivity index is 1.75. The van der Waals surface area contributed by atoms with Crippen molar-refractivity contribution in [3.8, 4) is 17.2 Å². The van der Waals surface area contributed by atoms with Crippen LogP contribution in [-0.2, 0) is 16.4 Å². The van der Waals surface area contributed by atoms with Crippen molar-refractivity contribution in [2.45, 2.75) is 16.5 Å². The van der Waals surface area contributed by atoms with Gasteiger partial charge in [-0.15, -0.1) is 0 Å². The van der Waals surface area contributed by atoms with Gasteiger partial charge in [0.15, 0.2) is 0 Å². The van der Waals surface area contributed by atoms with Gasteiger partial charge in [-0.05, 0) is 54.1 Å². The van der Waals surface area contributed by atoms with E-state index in [9.17, 15) is 8.42 Å². The van der Waals surface area contributed by atoms with Crippen LogP contribution in [0, 0.1) is 0 Å². The van der Waals surface area contributed by atoms with Crippen molar-refractivity contribution >= 4 is 27.3 Å². The molecule has 1 heterocycles. The van der Waals surface area contributed by atoms with Crippen molar-refractivity contribution in [1.82, 2.24) is 4.98 Å². The Hall–Kier alpha value is -3.29. The Kier molecular flexibility index (Phi) is 5.97. The normalized spacial score (nSPS) is 11.3. The van der Waals surface area contributed by atoms with Gasteiger partial charge in [-0.25, -0.2) is 8.42 Å². The molecule has 4 rings (SSSR count). The van der Waals surface area contributed by atoms with Crippen molar-refractivity contribution in [1.29, 1.82) is 0 Å². The molecule has 0 aliphatic heterocycles. The van der Waals surface area contributed by atoms with E-state index < -0.39 is 9.84 Å². The molecule has 1 N–H and O–H groups in total. The van der Waals surface area contributed by atoms with E-state index in [2.05, 4.69) is 10.3 Å². The molecule has 0 bridgehead atoms. The van der Waals surface area contributed by atoms with Crippen LogP contribution in [0.5, 0.6) is 5.75 Å². The largest absolute Gasteiger partial charge is 0.497 e. The maximum Gasteiger partial charge on any atom is 0.234 e. The highest BCUT2D eigenvalue weighted by Gasteiger charge is 2.28. The van der Waals surface area contributed by atoms with Crippen LogP contribution in [-0.4, -0.2) is 20.5 Å². The average molecular weight is 455 g/mol. The number of aromatic nitrogens is 1. The lowest BCUT2D eigenvalue weighted by Crippen LogP contribution is -2.07. The van der Waals surface area contributed by atoms with Crippen molar-refractivity contribution < 1.29 is 17.6 Å². The van der Waals surface area contributed by atoms with Crippen molar-refractivity contribution in [2.24, 2.45) is 0 Å². The van der Waals surface area contributed by atoms with E-state index in [-0.39, 0.29) is 21.7 Å². The number of rotatable bonds is 7. The molecule has 0 radical (unpaired) electrons. The van der Waals surface area contributed by atoms with E-state index in [4.69, 9.17) is 20.8 Å². The molecule has 1 aromatic heterocycles. The minimum atomic E-state index is -3.94. The van der Waals surface area contributed by atoms with Crippen molar-refractivity contribution in [3.63, 3.8) is 0 Å². The Morgan fingerprint density at radius 1 is 0.968 bits per heavy atom. The number of sulfone groups is 1. The second kappa shape index (κ2) is 8.83. The number of hydrogen-bond donors (Lipinski definition) is 1. The zero-order valence-corrected chi connectivity index (χ0v) is 18.2. The summed E-state index contributed by atoms with van der Waals surface area (Å²) in [6.45, 7) is 0.376. The molecule has 0 saturated heterocycles. The molecule has 0 fully saturated rings. The summed E-state index contributed by atoms with van der Waals surface area (Å²) in [6.07, 6.45) is 0. The van der Waals surface area contributed by atoms with E-state index in [0.29, 0.717) is 22.9 Å². The summed E-state index contributed by atoms with van der Waals surface area (Å²) >= 11 is 5.91. The lowest BCUT2D eigenvalue weighted by molar-refractivity contribution is 0.415. The zero-order valence-electron chi connectivity index (χ0n) is 16.6. The first-order valence-electron chi connectivity index (χ1n) is 9.41. The lowest BCUT2D eigenvalue weighted by Gasteiger charge is -2.06. The summed E-state index contributed by atoms with van der Waals surface area (Å²) in [5.41, 5.74) is 1.60. The molecule has 0 amide bonds. The lowest BCUT2D eigenvalue weighted by atomic mass is 10.2. The Labute approximate surface area is 185 Å². The van der Waals surface area contributed by atoms with Gasteiger partial charge in [0.2, 0.25) is 26.6 Å². The van der Waals surface area contributed by atoms with Crippen LogP contribution in [0.1, 0.15) is 5.56 Å². The molecular formula is C23H19ClN2O4S. The topological polar surface area (TPSA) is 81.4 Å². The third-order valence-corrected chi connectivity index (χ3v) is 6.54. The summed E-state index contributed by atoms with van der Waals surface area (Å²) in [7, 11) is -2.37. The molecule has 8 heteroatoms. The van der Waals surface area contributed by atoms with E-state index >= 15 is 0 Å². The molecule has 31 heavy (non-hydrogen) atoms. The predicted octanol–water partition coefficient (Wildman–Crippen LogP) is 5.45. The van der Waals surface area contributed by atoms with Gasteiger partial charge in [0, 0.05) is 17.1 Å². The molecule has 0 unspecified atom stereocenters. The first-order valence-corrected chi connectivity index (χ1v) is 11.3. The second-order valence-electron chi connectivity index (χ2n) is 6.68. The molecule has 0 aliphatic rings. The van der Waals surface area contributed by atoms with Gasteiger partial charge in [-0.3, -0.25) is 0 Å². The van der Waals surface area contributed by atoms with Crippen LogP contribution in [0.4, 0.5) is 5.88 Å². The third kappa shape index (κ3) is 4.57. The standard InChI is InChI=1S/C23H19ClN2O4S/c1-29-19-11-7-17(8-12-19)21-26-23(31(27,28)20-13-9-18(24)10-14-20)22(30-21)25-15-16-5-3-2-4-6-16/h2-14,25H,15H2,1H3. The van der Waals surface area contributed by atoms with Crippen LogP contribution >= 0.6 is 11.6 Å². The molecule has 0 aliphatic carbocycles. The van der Waals surface area contributed by atoms with Crippen molar-refractivity contribution in [2.75, 3.05) is 12.4 Å². The number of methoxy groups -OCH3 is 1. The minimum absolute atomic E-state index is 0.0737. The molecule has 3 aromatic carbocycles. The molecule has 0 saturated carbocycles. The first kappa shape index (κ1) is 21.0. The highest BCUT2D eigenvalue weighted by Crippen LogP contribution is 2.33. The predicted molar refractivity (Wildman–Crippen MR) is 119 cm³/mol. The fourth-order valence-electron chi connectivity index (χ4n) is 2.96. The fraction of sp³-hybridized carbons (Fsp3) is 0.0870. The maximum atomic E-state index is 13.3. The summed E-state index contributed by atoms with van der Waals surface area (Å²) in [4.78, 5) is 4.41. The van der Waals surface area contributed by atoms with Gasteiger partial charge in [-0.1, -0.05) is 41.9 Å². The van der Waals surface area contributed by atoms with Gasteiger partial charge in [-0.2, -0.15) is 4.98 Å². The summed E-state index contributed by atoms with van der Waals surface area (Å²) in [5.74, 6) is 0.933. The fourth-order valence-corrected chi connectivity index (χ4v) is 4.37. The van der Waals surface area contributed by atoms with E-state index in [1.807, 2.05) is 30.3 Å². The van der Waals surface area contributed by atoms with Crippen LogP contribution in [0.25, 0.3) is 11.5 Å². The highest BCUT2D eigenvalue weighted by molar-refractivity contribution is 7.91. The number of nitrogens with one attached hydrogen (secondary N) is 1. The van der Waals surface area contributed by atoms with Crippen LogP contribution in [0.2, 0.25) is 5.02 Å². The number of nitrogens with zero attached hydrogens (tertiary/aromatic N) is 1. The second-order valence-corrected chi connectivity index (χ2v) is 8.98. The van der Waals surface area contributed by atoms with Gasteiger partial charge < -0.3 is 14.5 Å². The van der Waals surface area contributed by atoms with Crippen LogP contribution in [0.3, 0.4) is 0 Å². The number of benzene rings is 3. The van der Waals surface area contributed by atoms with Gasteiger partial charge >= 0.3 is 0 Å². The summed E-state index contributed by atoms with van der Waals surface area (Å²) in [6, 6.07) is 22.5. The number of ether oxygens (including phenoxy) is 1. The SMILES string of the molecule is COc1ccc(-c2nc(S(=O)(=O)c3ccc(Cl)cc3)c(NCc3ccccc3)o2)cc1.